The molecule has 0 amide bonds. The van der Waals surface area contributed by atoms with Crippen LogP contribution < -0.4 is 0 Å². The maximum absolute atomic E-state index is 12.3. The number of benzene rings is 2. The summed E-state index contributed by atoms with van der Waals surface area (Å²) in [6.45, 7) is 8.00. The third kappa shape index (κ3) is 2.93. The first-order valence-electron chi connectivity index (χ1n) is 7.10. The van der Waals surface area contributed by atoms with Crippen molar-refractivity contribution in [2.45, 2.75) is 43.9 Å². The summed E-state index contributed by atoms with van der Waals surface area (Å²) >= 11 is 0. The van der Waals surface area contributed by atoms with Gasteiger partial charge in [0.2, 0.25) is 9.84 Å². The molecule has 20 heavy (non-hydrogen) atoms. The van der Waals surface area contributed by atoms with Gasteiger partial charge in [0, 0.05) is 6.42 Å². The maximum Gasteiger partial charge on any atom is 0.207 e. The summed E-state index contributed by atoms with van der Waals surface area (Å²) in [5.41, 5.74) is 1.78. The minimum atomic E-state index is -3.30. The predicted octanol–water partition coefficient (Wildman–Crippen LogP) is 4.48. The Balaban J connectivity index is 0.000000461. The summed E-state index contributed by atoms with van der Waals surface area (Å²) in [6, 6.07) is 14.4. The smallest absolute Gasteiger partial charge is 0.207 e. The summed E-state index contributed by atoms with van der Waals surface area (Å²) < 4.78 is 24.6. The Morgan fingerprint density at radius 3 is 1.45 bits per heavy atom. The lowest BCUT2D eigenvalue weighted by atomic mass is 10.0. The second kappa shape index (κ2) is 7.25. The van der Waals surface area contributed by atoms with Crippen LogP contribution in [0.1, 0.15) is 38.8 Å². The third-order valence-corrected chi connectivity index (χ3v) is 4.86. The Morgan fingerprint density at radius 2 is 1.05 bits per heavy atom. The molecule has 0 spiro atoms. The number of sulfone groups is 1. The topological polar surface area (TPSA) is 34.1 Å². The zero-order valence-electron chi connectivity index (χ0n) is 12.6. The second-order valence-corrected chi connectivity index (χ2v) is 5.78. The van der Waals surface area contributed by atoms with E-state index in [2.05, 4.69) is 0 Å². The fourth-order valence-corrected chi connectivity index (χ4v) is 3.87. The summed E-state index contributed by atoms with van der Waals surface area (Å²) in [5.74, 6) is 0. The highest BCUT2D eigenvalue weighted by Gasteiger charge is 2.28. The van der Waals surface area contributed by atoms with Crippen molar-refractivity contribution in [2.75, 3.05) is 0 Å². The van der Waals surface area contributed by atoms with Crippen LogP contribution in [0, 0.1) is 0 Å². The predicted molar refractivity (Wildman–Crippen MR) is 83.8 cm³/mol. The van der Waals surface area contributed by atoms with Crippen molar-refractivity contribution in [3.8, 4) is 0 Å². The molecule has 108 valence electrons. The lowest BCUT2D eigenvalue weighted by molar-refractivity contribution is 0.591. The van der Waals surface area contributed by atoms with E-state index in [9.17, 15) is 8.42 Å². The van der Waals surface area contributed by atoms with Crippen molar-refractivity contribution in [3.05, 3.63) is 59.7 Å². The van der Waals surface area contributed by atoms with Crippen LogP contribution in [0.4, 0.5) is 0 Å². The Morgan fingerprint density at radius 1 is 0.700 bits per heavy atom. The molecule has 3 rings (SSSR count). The van der Waals surface area contributed by atoms with Crippen LogP contribution in [-0.2, 0) is 16.3 Å². The molecule has 1 aliphatic heterocycles. The van der Waals surface area contributed by atoms with Crippen molar-refractivity contribution in [2.24, 2.45) is 0 Å². The van der Waals surface area contributed by atoms with Gasteiger partial charge in [0.25, 0.3) is 0 Å². The van der Waals surface area contributed by atoms with Gasteiger partial charge in [-0.25, -0.2) is 8.42 Å². The molecule has 0 aliphatic carbocycles. The molecule has 0 unspecified atom stereocenters. The molecule has 0 aromatic heterocycles. The molecular weight excluding hydrogens is 268 g/mol. The summed E-state index contributed by atoms with van der Waals surface area (Å²) in [4.78, 5) is 0.905. The van der Waals surface area contributed by atoms with E-state index in [0.29, 0.717) is 16.2 Å². The van der Waals surface area contributed by atoms with Crippen LogP contribution in [0.25, 0.3) is 0 Å². The zero-order valence-corrected chi connectivity index (χ0v) is 13.4. The van der Waals surface area contributed by atoms with Gasteiger partial charge in [0.15, 0.2) is 0 Å². The minimum absolute atomic E-state index is 0.453. The Hall–Kier alpha value is -1.61. The number of hydrogen-bond donors (Lipinski definition) is 0. The van der Waals surface area contributed by atoms with E-state index >= 15 is 0 Å². The van der Waals surface area contributed by atoms with Crippen molar-refractivity contribution >= 4 is 9.84 Å². The molecule has 1 aliphatic rings. The lowest BCUT2D eigenvalue weighted by Crippen LogP contribution is -2.14. The van der Waals surface area contributed by atoms with Gasteiger partial charge in [-0.1, -0.05) is 64.1 Å². The summed E-state index contributed by atoms with van der Waals surface area (Å²) in [6.07, 6.45) is 0.700. The van der Waals surface area contributed by atoms with Crippen molar-refractivity contribution in [3.63, 3.8) is 0 Å². The first-order chi connectivity index (χ1) is 9.69. The molecule has 0 N–H and O–H groups in total. The average Bonchev–Trinajstić information content (AvgIpc) is 2.52. The maximum atomic E-state index is 12.3. The van der Waals surface area contributed by atoms with Crippen LogP contribution in [0.15, 0.2) is 58.3 Å². The molecule has 0 atom stereocenters. The monoisotopic (exact) mass is 290 g/mol. The van der Waals surface area contributed by atoms with Crippen LogP contribution in [0.2, 0.25) is 0 Å². The average molecular weight is 290 g/mol. The van der Waals surface area contributed by atoms with Crippen LogP contribution in [0.3, 0.4) is 0 Å². The minimum Gasteiger partial charge on any atom is -0.218 e. The van der Waals surface area contributed by atoms with Crippen LogP contribution in [-0.4, -0.2) is 8.42 Å². The quantitative estimate of drug-likeness (QED) is 0.612. The standard InChI is InChI=1S/C13H10O2S.2C2H6/c14-16(15)12-7-3-1-5-10(12)9-11-6-2-4-8-13(11)16;2*1-2/h1-8H,9H2;2*1-2H3. The van der Waals surface area contributed by atoms with E-state index in [4.69, 9.17) is 0 Å². The summed E-state index contributed by atoms with van der Waals surface area (Å²) in [7, 11) is -3.30. The van der Waals surface area contributed by atoms with Crippen LogP contribution in [0.5, 0.6) is 0 Å². The molecule has 0 bridgehead atoms. The zero-order chi connectivity index (χ0) is 15.2. The highest BCUT2D eigenvalue weighted by Crippen LogP contribution is 2.33. The highest BCUT2D eigenvalue weighted by atomic mass is 32.2. The molecule has 3 heteroatoms. The lowest BCUT2D eigenvalue weighted by Gasteiger charge is -2.19. The molecule has 0 saturated carbocycles. The summed E-state index contributed by atoms with van der Waals surface area (Å²) in [5, 5.41) is 0. The van der Waals surface area contributed by atoms with Gasteiger partial charge in [0.05, 0.1) is 9.79 Å². The van der Waals surface area contributed by atoms with E-state index in [1.165, 1.54) is 0 Å². The Labute approximate surface area is 122 Å². The molecular formula is C17H22O2S. The third-order valence-electron chi connectivity index (χ3n) is 2.91. The first kappa shape index (κ1) is 16.4. The number of rotatable bonds is 0. The molecule has 0 radical (unpaired) electrons. The Bertz CT molecular complexity index is 607. The molecule has 0 fully saturated rings. The van der Waals surface area contributed by atoms with Gasteiger partial charge in [-0.15, -0.1) is 0 Å². The van der Waals surface area contributed by atoms with Gasteiger partial charge in [0.1, 0.15) is 0 Å². The fraction of sp³-hybridized carbons (Fsp3) is 0.294. The van der Waals surface area contributed by atoms with E-state index in [1.807, 2.05) is 52.0 Å². The first-order valence-corrected chi connectivity index (χ1v) is 8.59. The number of fused-ring (bicyclic) bond motifs is 2. The fourth-order valence-electron chi connectivity index (χ4n) is 2.15. The van der Waals surface area contributed by atoms with Crippen molar-refractivity contribution < 1.29 is 8.42 Å². The second-order valence-electron chi connectivity index (χ2n) is 3.90. The molecule has 1 heterocycles. The van der Waals surface area contributed by atoms with E-state index in [0.717, 1.165) is 11.1 Å². The molecule has 0 saturated heterocycles. The largest absolute Gasteiger partial charge is 0.218 e. The van der Waals surface area contributed by atoms with Crippen LogP contribution >= 0.6 is 0 Å². The van der Waals surface area contributed by atoms with Crippen molar-refractivity contribution in [1.82, 2.24) is 0 Å². The normalized spacial score (nSPS) is 13.6. The Kier molecular flexibility index (Phi) is 5.96. The van der Waals surface area contributed by atoms with Crippen molar-refractivity contribution in [1.29, 1.82) is 0 Å². The molecule has 2 aromatic rings. The highest BCUT2D eigenvalue weighted by molar-refractivity contribution is 7.91. The van der Waals surface area contributed by atoms with E-state index in [-0.39, 0.29) is 0 Å². The van der Waals surface area contributed by atoms with E-state index < -0.39 is 9.84 Å². The van der Waals surface area contributed by atoms with Gasteiger partial charge < -0.3 is 0 Å². The van der Waals surface area contributed by atoms with E-state index in [1.54, 1.807) is 24.3 Å². The molecule has 2 aromatic carbocycles. The number of hydrogen-bond acceptors (Lipinski definition) is 2. The van der Waals surface area contributed by atoms with Gasteiger partial charge >= 0.3 is 0 Å². The van der Waals surface area contributed by atoms with Gasteiger partial charge in [-0.05, 0) is 23.3 Å². The van der Waals surface area contributed by atoms with Gasteiger partial charge in [-0.2, -0.15) is 0 Å². The SMILES string of the molecule is CC.CC.O=S1(=O)c2ccccc2Cc2ccccc21. The van der Waals surface area contributed by atoms with Gasteiger partial charge in [-0.3, -0.25) is 0 Å². The molecule has 2 nitrogen and oxygen atoms in total.